The van der Waals surface area contributed by atoms with Crippen molar-refractivity contribution < 1.29 is 24.3 Å². The average Bonchev–Trinajstić information content (AvgIpc) is 2.94. The molecule has 0 amide bonds. The molecule has 3 N–H and O–H groups in total. The average molecular weight is 342 g/mol. The minimum absolute atomic E-state index is 0.106. The van der Waals surface area contributed by atoms with Crippen LogP contribution < -0.4 is 5.73 Å². The van der Waals surface area contributed by atoms with Crippen LogP contribution in [0.2, 0.25) is 0 Å². The van der Waals surface area contributed by atoms with E-state index in [-0.39, 0.29) is 17.1 Å². The molecule has 1 saturated carbocycles. The third kappa shape index (κ3) is 4.88. The molecule has 126 valence electrons. The van der Waals surface area contributed by atoms with Crippen molar-refractivity contribution in [2.45, 2.75) is 51.2 Å². The van der Waals surface area contributed by atoms with Crippen molar-refractivity contribution in [2.24, 2.45) is 5.16 Å². The maximum Gasteiger partial charge on any atom is 0.362 e. The topological polar surface area (TPSA) is 137 Å². The van der Waals surface area contributed by atoms with Crippen LogP contribution in [0.15, 0.2) is 5.16 Å². The van der Waals surface area contributed by atoms with E-state index in [0.717, 1.165) is 43.6 Å². The summed E-state index contributed by atoms with van der Waals surface area (Å²) in [5.41, 5.74) is 4.89. The summed E-state index contributed by atoms with van der Waals surface area (Å²) in [7, 11) is 0. The van der Waals surface area contributed by atoms with Gasteiger partial charge in [0.05, 0.1) is 0 Å². The van der Waals surface area contributed by atoms with Crippen molar-refractivity contribution in [3.8, 4) is 0 Å². The van der Waals surface area contributed by atoms with Crippen molar-refractivity contribution in [3.63, 3.8) is 0 Å². The number of anilines is 1. The van der Waals surface area contributed by atoms with Gasteiger partial charge in [0, 0.05) is 11.5 Å². The smallest absolute Gasteiger partial charge is 0.362 e. The number of carbonyl (C=O) groups is 2. The van der Waals surface area contributed by atoms with E-state index in [2.05, 4.69) is 14.5 Å². The second-order valence-electron chi connectivity index (χ2n) is 5.15. The fraction of sp³-hybridized carbons (Fsp3) is 0.615. The van der Waals surface area contributed by atoms with Gasteiger partial charge in [-0.1, -0.05) is 11.6 Å². The predicted molar refractivity (Wildman–Crippen MR) is 82.0 cm³/mol. The Bertz CT molecular complexity index is 597. The molecule has 0 saturated heterocycles. The molecule has 0 radical (unpaired) electrons. The van der Waals surface area contributed by atoms with Gasteiger partial charge in [-0.25, -0.2) is 9.59 Å². The molecule has 0 aromatic carbocycles. The number of aliphatic carboxylic acids is 1. The first-order valence-corrected chi connectivity index (χ1v) is 8.02. The normalized spacial score (nSPS) is 17.5. The number of rotatable bonds is 6. The van der Waals surface area contributed by atoms with Crippen LogP contribution in [-0.4, -0.2) is 44.3 Å². The van der Waals surface area contributed by atoms with E-state index in [1.165, 1.54) is 6.92 Å². The molecular weight excluding hydrogens is 324 g/mol. The van der Waals surface area contributed by atoms with E-state index in [4.69, 9.17) is 20.4 Å². The van der Waals surface area contributed by atoms with Gasteiger partial charge in [0.25, 0.3) is 0 Å². The highest BCUT2D eigenvalue weighted by atomic mass is 32.1. The van der Waals surface area contributed by atoms with E-state index < -0.39 is 23.8 Å². The summed E-state index contributed by atoms with van der Waals surface area (Å²) >= 11 is 0.839. The molecule has 10 heteroatoms. The number of ether oxygens (including phenoxy) is 1. The Balaban J connectivity index is 1.95. The molecule has 1 aliphatic carbocycles. The quantitative estimate of drug-likeness (QED) is 0.447. The predicted octanol–water partition coefficient (Wildman–Crippen LogP) is 1.19. The summed E-state index contributed by atoms with van der Waals surface area (Å²) in [6.45, 7) is 1.44. The molecule has 23 heavy (non-hydrogen) atoms. The van der Waals surface area contributed by atoms with Crippen LogP contribution in [0, 0.1) is 0 Å². The van der Waals surface area contributed by atoms with Gasteiger partial charge in [-0.3, -0.25) is 0 Å². The van der Waals surface area contributed by atoms with E-state index in [1.807, 2.05) is 0 Å². The Morgan fingerprint density at radius 1 is 1.39 bits per heavy atom. The monoisotopic (exact) mass is 342 g/mol. The lowest BCUT2D eigenvalue weighted by Gasteiger charge is -2.22. The second-order valence-corrected chi connectivity index (χ2v) is 5.93. The second kappa shape index (κ2) is 7.86. The van der Waals surface area contributed by atoms with Crippen LogP contribution >= 0.6 is 11.5 Å². The zero-order chi connectivity index (χ0) is 16.8. The molecule has 1 atom stereocenters. The molecule has 2 rings (SSSR count). The largest absolute Gasteiger partial charge is 0.476 e. The molecular formula is C13H18N4O5S. The number of hydrogen-bond donors (Lipinski definition) is 2. The Morgan fingerprint density at radius 3 is 2.65 bits per heavy atom. The zero-order valence-corrected chi connectivity index (χ0v) is 13.4. The summed E-state index contributed by atoms with van der Waals surface area (Å²) in [6.07, 6.45) is 3.76. The minimum atomic E-state index is -1.38. The molecule has 1 fully saturated rings. The maximum atomic E-state index is 11.9. The van der Waals surface area contributed by atoms with Crippen LogP contribution in [0.25, 0.3) is 0 Å². The van der Waals surface area contributed by atoms with Crippen LogP contribution in [0.1, 0.15) is 44.9 Å². The number of esters is 1. The summed E-state index contributed by atoms with van der Waals surface area (Å²) in [4.78, 5) is 31.8. The number of hydrogen-bond acceptors (Lipinski definition) is 9. The number of nitrogens with zero attached hydrogens (tertiary/aromatic N) is 3. The minimum Gasteiger partial charge on any atom is -0.476 e. The first-order valence-electron chi connectivity index (χ1n) is 7.24. The van der Waals surface area contributed by atoms with Crippen LogP contribution in [0.3, 0.4) is 0 Å². The van der Waals surface area contributed by atoms with Crippen molar-refractivity contribution in [1.82, 2.24) is 9.36 Å². The summed E-state index contributed by atoms with van der Waals surface area (Å²) in [5.74, 6) is -2.11. The van der Waals surface area contributed by atoms with Gasteiger partial charge >= 0.3 is 11.9 Å². The molecule has 0 spiro atoms. The SMILES string of the molecule is CC(O/N=C(/C(=O)O)c1nsc(N)n1)C(=O)OC1CCCCC1. The van der Waals surface area contributed by atoms with Gasteiger partial charge in [0.15, 0.2) is 5.13 Å². The Hall–Kier alpha value is -2.23. The number of nitrogen functional groups attached to an aromatic ring is 1. The fourth-order valence-corrected chi connectivity index (χ4v) is 2.56. The lowest BCUT2D eigenvalue weighted by atomic mass is 9.98. The van der Waals surface area contributed by atoms with Crippen molar-refractivity contribution in [1.29, 1.82) is 0 Å². The van der Waals surface area contributed by atoms with Crippen LogP contribution in [0.4, 0.5) is 5.13 Å². The highest BCUT2D eigenvalue weighted by Crippen LogP contribution is 2.21. The lowest BCUT2D eigenvalue weighted by molar-refractivity contribution is -0.163. The summed E-state index contributed by atoms with van der Waals surface area (Å²) < 4.78 is 9.08. The van der Waals surface area contributed by atoms with Gasteiger partial charge in [0.2, 0.25) is 17.6 Å². The number of nitrogens with two attached hydrogens (primary N) is 1. The van der Waals surface area contributed by atoms with Gasteiger partial charge in [0.1, 0.15) is 6.10 Å². The van der Waals surface area contributed by atoms with E-state index in [9.17, 15) is 9.59 Å². The highest BCUT2D eigenvalue weighted by Gasteiger charge is 2.24. The van der Waals surface area contributed by atoms with Gasteiger partial charge in [-0.05, 0) is 32.6 Å². The number of aromatic nitrogens is 2. The van der Waals surface area contributed by atoms with Gasteiger partial charge in [-0.2, -0.15) is 9.36 Å². The molecule has 9 nitrogen and oxygen atoms in total. The first-order chi connectivity index (χ1) is 11.0. The zero-order valence-electron chi connectivity index (χ0n) is 12.6. The van der Waals surface area contributed by atoms with Crippen LogP contribution in [-0.2, 0) is 19.2 Å². The van der Waals surface area contributed by atoms with Crippen LogP contribution in [0.5, 0.6) is 0 Å². The third-order valence-corrected chi connectivity index (χ3v) is 3.87. The first kappa shape index (κ1) is 17.1. The van der Waals surface area contributed by atoms with Gasteiger partial charge in [-0.15, -0.1) is 0 Å². The Morgan fingerprint density at radius 2 is 2.09 bits per heavy atom. The van der Waals surface area contributed by atoms with E-state index in [0.29, 0.717) is 0 Å². The van der Waals surface area contributed by atoms with Crippen molar-refractivity contribution in [2.75, 3.05) is 5.73 Å². The molecule has 1 aromatic heterocycles. The Kier molecular flexibility index (Phi) is 5.85. The molecule has 0 aliphatic heterocycles. The number of carboxylic acids is 1. The summed E-state index contributed by atoms with van der Waals surface area (Å²) in [5, 5.41) is 12.7. The van der Waals surface area contributed by atoms with Crippen molar-refractivity contribution in [3.05, 3.63) is 5.82 Å². The fourth-order valence-electron chi connectivity index (χ4n) is 2.12. The molecule has 1 aliphatic rings. The standard InChI is InChI=1S/C13H18N4O5S/c1-7(12(20)21-8-5-3-2-4-6-8)22-16-9(11(18)19)10-15-13(14)23-17-10/h7-8H,2-6H2,1H3,(H,18,19)(H2,14,15,17)/b16-9+. The number of carbonyl (C=O) groups excluding carboxylic acids is 1. The molecule has 1 aromatic rings. The van der Waals surface area contributed by atoms with E-state index >= 15 is 0 Å². The highest BCUT2D eigenvalue weighted by molar-refractivity contribution is 7.09. The molecule has 1 heterocycles. The van der Waals surface area contributed by atoms with Crippen molar-refractivity contribution >= 4 is 34.3 Å². The summed E-state index contributed by atoms with van der Waals surface area (Å²) in [6, 6.07) is 0. The number of carboxylic acid groups (broad SMARTS) is 1. The Labute approximate surface area is 136 Å². The third-order valence-electron chi connectivity index (χ3n) is 3.33. The molecule has 1 unspecified atom stereocenters. The maximum absolute atomic E-state index is 11.9. The number of oxime groups is 1. The van der Waals surface area contributed by atoms with Gasteiger partial charge < -0.3 is 20.4 Å². The van der Waals surface area contributed by atoms with E-state index in [1.54, 1.807) is 0 Å². The molecule has 0 bridgehead atoms. The lowest BCUT2D eigenvalue weighted by Crippen LogP contribution is -2.29.